The molecular formula is C20H27N3O3S. The minimum Gasteiger partial charge on any atom is -0.334 e. The first-order chi connectivity index (χ1) is 13.0. The minimum atomic E-state index is -3.61. The molecule has 3 rings (SSSR count). The molecule has 0 bridgehead atoms. The Hall–Kier alpha value is -1.91. The minimum absolute atomic E-state index is 0.145. The van der Waals surface area contributed by atoms with Crippen LogP contribution in [0.1, 0.15) is 68.1 Å². The molecule has 1 heterocycles. The second kappa shape index (κ2) is 8.41. The number of rotatable bonds is 4. The smallest absolute Gasteiger partial charge is 0.252 e. The first-order valence-corrected chi connectivity index (χ1v) is 11.2. The lowest BCUT2D eigenvalue weighted by Crippen LogP contribution is -2.48. The normalized spacial score (nSPS) is 21.0. The van der Waals surface area contributed by atoms with Crippen LogP contribution < -0.4 is 5.32 Å². The number of benzene rings is 1. The molecule has 1 aliphatic carbocycles. The monoisotopic (exact) mass is 389 g/mol. The van der Waals surface area contributed by atoms with Gasteiger partial charge in [-0.05, 0) is 43.9 Å². The molecule has 1 aromatic carbocycles. The molecule has 146 valence electrons. The van der Waals surface area contributed by atoms with Gasteiger partial charge in [-0.3, -0.25) is 4.79 Å². The molecule has 27 heavy (non-hydrogen) atoms. The number of carbonyl (C=O) groups is 1. The number of amides is 1. The number of carbonyl (C=O) groups excluding carboxylic acids is 1. The van der Waals surface area contributed by atoms with E-state index in [-0.39, 0.29) is 16.4 Å². The van der Waals surface area contributed by atoms with E-state index in [0.29, 0.717) is 25.9 Å². The van der Waals surface area contributed by atoms with Crippen molar-refractivity contribution in [3.8, 4) is 6.07 Å². The summed E-state index contributed by atoms with van der Waals surface area (Å²) in [6, 6.07) is 8.44. The van der Waals surface area contributed by atoms with Crippen molar-refractivity contribution in [3.05, 3.63) is 29.8 Å². The SMILES string of the molecule is N#CC1(NC(=O)c2cccc(S(=O)(=O)N3CCCCCC3)c2)CCCCC1. The van der Waals surface area contributed by atoms with E-state index in [9.17, 15) is 18.5 Å². The largest absolute Gasteiger partial charge is 0.334 e. The predicted molar refractivity (Wildman–Crippen MR) is 103 cm³/mol. The van der Waals surface area contributed by atoms with Gasteiger partial charge < -0.3 is 5.32 Å². The fraction of sp³-hybridized carbons (Fsp3) is 0.600. The van der Waals surface area contributed by atoms with Crippen molar-refractivity contribution < 1.29 is 13.2 Å². The summed E-state index contributed by atoms with van der Waals surface area (Å²) in [4.78, 5) is 12.9. The van der Waals surface area contributed by atoms with Gasteiger partial charge in [0.1, 0.15) is 5.54 Å². The lowest BCUT2D eigenvalue weighted by molar-refractivity contribution is 0.0902. The Balaban J connectivity index is 1.80. The zero-order chi connectivity index (χ0) is 19.3. The number of nitriles is 1. The summed E-state index contributed by atoms with van der Waals surface area (Å²) in [6.07, 6.45) is 8.00. The van der Waals surface area contributed by atoms with E-state index in [0.717, 1.165) is 44.9 Å². The molecule has 6 nitrogen and oxygen atoms in total. The van der Waals surface area contributed by atoms with Crippen molar-refractivity contribution in [1.82, 2.24) is 9.62 Å². The van der Waals surface area contributed by atoms with Crippen LogP contribution in [0, 0.1) is 11.3 Å². The molecule has 0 unspecified atom stereocenters. The number of nitrogens with zero attached hydrogens (tertiary/aromatic N) is 2. The molecular weight excluding hydrogens is 362 g/mol. The van der Waals surface area contributed by atoms with E-state index in [4.69, 9.17) is 0 Å². The lowest BCUT2D eigenvalue weighted by atomic mass is 9.82. The fourth-order valence-electron chi connectivity index (χ4n) is 3.94. The van der Waals surface area contributed by atoms with Crippen LogP contribution >= 0.6 is 0 Å². The van der Waals surface area contributed by atoms with Crippen LogP contribution in [0.3, 0.4) is 0 Å². The highest BCUT2D eigenvalue weighted by atomic mass is 32.2. The molecule has 1 aliphatic heterocycles. The molecule has 2 aliphatic rings. The van der Waals surface area contributed by atoms with Gasteiger partial charge in [-0.25, -0.2) is 8.42 Å². The molecule has 1 N–H and O–H groups in total. The van der Waals surface area contributed by atoms with Crippen molar-refractivity contribution in [2.45, 2.75) is 68.2 Å². The summed E-state index contributed by atoms with van der Waals surface area (Å²) in [7, 11) is -3.61. The molecule has 0 spiro atoms. The molecule has 7 heteroatoms. The van der Waals surface area contributed by atoms with E-state index >= 15 is 0 Å². The summed E-state index contributed by atoms with van der Waals surface area (Å²) in [5.74, 6) is -0.383. The van der Waals surface area contributed by atoms with Gasteiger partial charge in [0.25, 0.3) is 5.91 Å². The second-order valence-electron chi connectivity index (χ2n) is 7.55. The lowest BCUT2D eigenvalue weighted by Gasteiger charge is -2.31. The Morgan fingerprint density at radius 1 is 1.04 bits per heavy atom. The van der Waals surface area contributed by atoms with E-state index in [2.05, 4.69) is 11.4 Å². The molecule has 0 radical (unpaired) electrons. The molecule has 0 aromatic heterocycles. The second-order valence-corrected chi connectivity index (χ2v) is 9.49. The van der Waals surface area contributed by atoms with E-state index in [1.807, 2.05) is 0 Å². The molecule has 2 fully saturated rings. The van der Waals surface area contributed by atoms with Gasteiger partial charge in [-0.2, -0.15) is 9.57 Å². The Morgan fingerprint density at radius 3 is 2.30 bits per heavy atom. The molecule has 1 saturated carbocycles. The van der Waals surface area contributed by atoms with Crippen LogP contribution in [0.15, 0.2) is 29.2 Å². The molecule has 0 atom stereocenters. The van der Waals surface area contributed by atoms with Crippen molar-refractivity contribution in [2.75, 3.05) is 13.1 Å². The van der Waals surface area contributed by atoms with Crippen LogP contribution in [-0.4, -0.2) is 37.3 Å². The van der Waals surface area contributed by atoms with Crippen molar-refractivity contribution in [2.24, 2.45) is 0 Å². The van der Waals surface area contributed by atoms with Gasteiger partial charge in [0.15, 0.2) is 0 Å². The van der Waals surface area contributed by atoms with Gasteiger partial charge >= 0.3 is 0 Å². The predicted octanol–water partition coefficient (Wildman–Crippen LogP) is 3.21. The van der Waals surface area contributed by atoms with Crippen molar-refractivity contribution in [3.63, 3.8) is 0 Å². The third-order valence-corrected chi connectivity index (χ3v) is 7.47. The van der Waals surface area contributed by atoms with E-state index < -0.39 is 15.6 Å². The van der Waals surface area contributed by atoms with Gasteiger partial charge in [0, 0.05) is 18.7 Å². The Bertz CT molecular complexity index is 815. The van der Waals surface area contributed by atoms with Crippen molar-refractivity contribution in [1.29, 1.82) is 5.26 Å². The Labute approximate surface area is 161 Å². The molecule has 1 saturated heterocycles. The highest BCUT2D eigenvalue weighted by Crippen LogP contribution is 2.28. The van der Waals surface area contributed by atoms with Gasteiger partial charge in [0.2, 0.25) is 10.0 Å². The third kappa shape index (κ3) is 4.50. The maximum atomic E-state index is 13.0. The Kier molecular flexibility index (Phi) is 6.18. The highest BCUT2D eigenvalue weighted by molar-refractivity contribution is 7.89. The highest BCUT2D eigenvalue weighted by Gasteiger charge is 2.34. The summed E-state index contributed by atoms with van der Waals surface area (Å²) in [6.45, 7) is 1.05. The maximum absolute atomic E-state index is 13.0. The summed E-state index contributed by atoms with van der Waals surface area (Å²) < 4.78 is 27.5. The summed E-state index contributed by atoms with van der Waals surface area (Å²) in [5, 5.41) is 12.4. The van der Waals surface area contributed by atoms with E-state index in [1.54, 1.807) is 12.1 Å². The average molecular weight is 390 g/mol. The zero-order valence-electron chi connectivity index (χ0n) is 15.6. The molecule has 1 aromatic rings. The van der Waals surface area contributed by atoms with Crippen LogP contribution in [0.25, 0.3) is 0 Å². The summed E-state index contributed by atoms with van der Waals surface area (Å²) in [5.41, 5.74) is -0.555. The molecule has 1 amide bonds. The first kappa shape index (κ1) is 19.8. The number of hydrogen-bond acceptors (Lipinski definition) is 4. The number of hydrogen-bond donors (Lipinski definition) is 1. The van der Waals surface area contributed by atoms with Crippen LogP contribution in [0.2, 0.25) is 0 Å². The van der Waals surface area contributed by atoms with E-state index in [1.165, 1.54) is 16.4 Å². The van der Waals surface area contributed by atoms with Crippen molar-refractivity contribution >= 4 is 15.9 Å². The Morgan fingerprint density at radius 2 is 1.67 bits per heavy atom. The number of sulfonamides is 1. The van der Waals surface area contributed by atoms with Crippen LogP contribution in [0.4, 0.5) is 0 Å². The van der Waals surface area contributed by atoms with Gasteiger partial charge in [-0.1, -0.05) is 38.2 Å². The van der Waals surface area contributed by atoms with Gasteiger partial charge in [-0.15, -0.1) is 0 Å². The van der Waals surface area contributed by atoms with Crippen LogP contribution in [0.5, 0.6) is 0 Å². The summed E-state index contributed by atoms with van der Waals surface area (Å²) >= 11 is 0. The third-order valence-electron chi connectivity index (χ3n) is 5.57. The topological polar surface area (TPSA) is 90.3 Å². The fourth-order valence-corrected chi connectivity index (χ4v) is 5.50. The standard InChI is InChI=1S/C20H27N3O3S/c21-16-20(11-4-3-5-12-20)22-19(24)17-9-8-10-18(15-17)27(25,26)23-13-6-1-2-7-14-23/h8-10,15H,1-7,11-14H2,(H,22,24). The van der Waals surface area contributed by atoms with Gasteiger partial charge in [0.05, 0.1) is 11.0 Å². The average Bonchev–Trinajstić information content (AvgIpc) is 2.99. The zero-order valence-corrected chi connectivity index (χ0v) is 16.4. The number of nitrogens with one attached hydrogen (secondary N) is 1. The first-order valence-electron chi connectivity index (χ1n) is 9.81. The maximum Gasteiger partial charge on any atom is 0.252 e. The van der Waals surface area contributed by atoms with Crippen LogP contribution in [-0.2, 0) is 10.0 Å². The quantitative estimate of drug-likeness (QED) is 0.856.